The van der Waals surface area contributed by atoms with Crippen LogP contribution in [0.15, 0.2) is 24.3 Å². The second-order valence-electron chi connectivity index (χ2n) is 8.45. The Morgan fingerprint density at radius 1 is 1.18 bits per heavy atom. The highest BCUT2D eigenvalue weighted by atomic mass is 19.3. The molecule has 3 atom stereocenters. The number of nitrogens with one attached hydrogen (secondary N) is 1. The number of nitrogens with zero attached hydrogens (tertiary/aromatic N) is 4. The smallest absolute Gasteiger partial charge is 0.266 e. The predicted molar refractivity (Wildman–Crippen MR) is 118 cm³/mol. The van der Waals surface area contributed by atoms with Gasteiger partial charge in [-0.1, -0.05) is 18.2 Å². The lowest BCUT2D eigenvalue weighted by Crippen LogP contribution is -2.64. The third kappa shape index (κ3) is 3.62. The van der Waals surface area contributed by atoms with Gasteiger partial charge in [0.05, 0.1) is 49.7 Å². The molecule has 2 unspecified atom stereocenters. The number of fused-ring (bicyclic) bond motifs is 3. The highest BCUT2D eigenvalue weighted by Crippen LogP contribution is 2.42. The van der Waals surface area contributed by atoms with Crippen molar-refractivity contribution in [2.75, 3.05) is 30.5 Å². The Balaban J connectivity index is 1.56. The number of methoxy groups -OCH3 is 1. The molecular formula is C23H24F3N5O2. The minimum absolute atomic E-state index is 0.124. The topological polar surface area (TPSA) is 72.4 Å². The minimum Gasteiger partial charge on any atom is -0.480 e. The summed E-state index contributed by atoms with van der Waals surface area (Å²) in [5, 5.41) is 12.3. The SMILES string of the molecule is COc1nc2c(C)nnc(N[C@H](C)c3cccc(C(F)F)c3F)c2cc1N1C2COCC1C2. The second-order valence-corrected chi connectivity index (χ2v) is 8.45. The number of hydrogen-bond donors (Lipinski definition) is 1. The monoisotopic (exact) mass is 459 g/mol. The number of rotatable bonds is 6. The van der Waals surface area contributed by atoms with Crippen LogP contribution >= 0.6 is 0 Å². The fourth-order valence-corrected chi connectivity index (χ4v) is 4.70. The molecule has 33 heavy (non-hydrogen) atoms. The molecule has 0 saturated carbocycles. The van der Waals surface area contributed by atoms with Gasteiger partial charge in [-0.2, -0.15) is 5.10 Å². The molecule has 7 nitrogen and oxygen atoms in total. The van der Waals surface area contributed by atoms with Gasteiger partial charge in [0.1, 0.15) is 17.0 Å². The standard InChI is InChI=1S/C23H24F3N5O2/c1-11(15-5-4-6-16(19(15)24)21(25)26)27-22-17-8-18(31-13-7-14(31)10-33-9-13)23(32-3)28-20(17)12(2)29-30-22/h4-6,8,11,13-14,21H,7,9-10H2,1-3H3,(H,27,30)/t11-,13?,14?/m1/s1. The molecule has 0 aliphatic carbocycles. The van der Waals surface area contributed by atoms with Gasteiger partial charge in [0, 0.05) is 10.9 Å². The summed E-state index contributed by atoms with van der Waals surface area (Å²) in [6.07, 6.45) is -1.84. The maximum Gasteiger partial charge on any atom is 0.266 e. The van der Waals surface area contributed by atoms with Crippen molar-refractivity contribution in [2.45, 2.75) is 44.8 Å². The van der Waals surface area contributed by atoms with Crippen molar-refractivity contribution in [1.82, 2.24) is 15.2 Å². The van der Waals surface area contributed by atoms with E-state index in [2.05, 4.69) is 20.4 Å². The fourth-order valence-electron chi connectivity index (χ4n) is 4.70. The van der Waals surface area contributed by atoms with E-state index in [4.69, 9.17) is 14.5 Å². The Morgan fingerprint density at radius 3 is 2.58 bits per heavy atom. The minimum atomic E-state index is -2.89. The Hall–Kier alpha value is -3.14. The van der Waals surface area contributed by atoms with E-state index < -0.39 is 23.8 Å². The number of aromatic nitrogens is 3. The number of hydrogen-bond acceptors (Lipinski definition) is 7. The predicted octanol–water partition coefficient (Wildman–Crippen LogP) is 4.57. The van der Waals surface area contributed by atoms with Gasteiger partial charge in [0.2, 0.25) is 5.88 Å². The molecule has 3 aromatic rings. The first-order valence-corrected chi connectivity index (χ1v) is 10.8. The third-order valence-corrected chi connectivity index (χ3v) is 6.40. The van der Waals surface area contributed by atoms with E-state index in [9.17, 15) is 13.2 Å². The summed E-state index contributed by atoms with van der Waals surface area (Å²) in [7, 11) is 1.58. The molecule has 1 aromatic carbocycles. The van der Waals surface area contributed by atoms with Crippen LogP contribution < -0.4 is 15.0 Å². The number of pyridine rings is 1. The highest BCUT2D eigenvalue weighted by molar-refractivity contribution is 5.94. The molecule has 174 valence electrons. The van der Waals surface area contributed by atoms with Crippen molar-refractivity contribution in [3.05, 3.63) is 46.9 Å². The molecule has 4 heterocycles. The molecule has 0 spiro atoms. The number of ether oxygens (including phenoxy) is 2. The molecule has 2 bridgehead atoms. The van der Waals surface area contributed by atoms with Crippen LogP contribution in [0.4, 0.5) is 24.7 Å². The molecule has 0 radical (unpaired) electrons. The van der Waals surface area contributed by atoms with Crippen molar-refractivity contribution >= 4 is 22.4 Å². The van der Waals surface area contributed by atoms with Crippen LogP contribution in [0.1, 0.15) is 42.6 Å². The van der Waals surface area contributed by atoms with Crippen LogP contribution in [-0.4, -0.2) is 47.6 Å². The van der Waals surface area contributed by atoms with E-state index in [-0.39, 0.29) is 17.6 Å². The summed E-state index contributed by atoms with van der Waals surface area (Å²) in [6.45, 7) is 4.78. The zero-order valence-corrected chi connectivity index (χ0v) is 18.5. The van der Waals surface area contributed by atoms with E-state index in [0.29, 0.717) is 41.5 Å². The maximum absolute atomic E-state index is 14.7. The third-order valence-electron chi connectivity index (χ3n) is 6.40. The van der Waals surface area contributed by atoms with Gasteiger partial charge >= 0.3 is 0 Å². The molecule has 2 aliphatic heterocycles. The van der Waals surface area contributed by atoms with Crippen LogP contribution in [0.3, 0.4) is 0 Å². The van der Waals surface area contributed by atoms with Crippen molar-refractivity contribution in [3.63, 3.8) is 0 Å². The van der Waals surface area contributed by atoms with Crippen LogP contribution in [-0.2, 0) is 4.74 Å². The lowest BCUT2D eigenvalue weighted by atomic mass is 9.90. The van der Waals surface area contributed by atoms with Gasteiger partial charge < -0.3 is 19.7 Å². The quantitative estimate of drug-likeness (QED) is 0.579. The first kappa shape index (κ1) is 21.7. The molecule has 10 heteroatoms. The van der Waals surface area contributed by atoms with E-state index >= 15 is 0 Å². The fraction of sp³-hybridized carbons (Fsp3) is 0.435. The van der Waals surface area contributed by atoms with Gasteiger partial charge in [-0.15, -0.1) is 5.10 Å². The van der Waals surface area contributed by atoms with Gasteiger partial charge in [-0.3, -0.25) is 0 Å². The molecule has 2 saturated heterocycles. The average Bonchev–Trinajstić information content (AvgIpc) is 2.81. The number of morpholine rings is 1. The average molecular weight is 459 g/mol. The summed E-state index contributed by atoms with van der Waals surface area (Å²) in [4.78, 5) is 6.95. The number of halogens is 3. The summed E-state index contributed by atoms with van der Waals surface area (Å²) in [5.74, 6) is -0.0427. The number of anilines is 2. The van der Waals surface area contributed by atoms with Gasteiger partial charge in [0.15, 0.2) is 5.82 Å². The van der Waals surface area contributed by atoms with E-state index in [0.717, 1.165) is 18.2 Å². The van der Waals surface area contributed by atoms with E-state index in [1.54, 1.807) is 21.0 Å². The Morgan fingerprint density at radius 2 is 1.91 bits per heavy atom. The second kappa shape index (κ2) is 8.33. The Labute approximate surface area is 188 Å². The summed E-state index contributed by atoms with van der Waals surface area (Å²) in [5.41, 5.74) is 1.55. The lowest BCUT2D eigenvalue weighted by molar-refractivity contribution is 0.00994. The van der Waals surface area contributed by atoms with Crippen molar-refractivity contribution in [3.8, 4) is 5.88 Å². The molecule has 2 fully saturated rings. The van der Waals surface area contributed by atoms with Crippen LogP contribution in [0.5, 0.6) is 5.88 Å². The Kier molecular flexibility index (Phi) is 5.48. The van der Waals surface area contributed by atoms with Crippen LogP contribution in [0.2, 0.25) is 0 Å². The molecule has 2 aliphatic rings. The summed E-state index contributed by atoms with van der Waals surface area (Å²) in [6, 6.07) is 5.83. The highest BCUT2D eigenvalue weighted by Gasteiger charge is 2.44. The number of alkyl halides is 2. The normalized spacial score (nSPS) is 20.6. The summed E-state index contributed by atoms with van der Waals surface area (Å²) < 4.78 is 52.2. The zero-order chi connectivity index (χ0) is 23.3. The number of benzene rings is 1. The maximum atomic E-state index is 14.7. The van der Waals surface area contributed by atoms with Crippen molar-refractivity contribution < 1.29 is 22.6 Å². The van der Waals surface area contributed by atoms with Crippen LogP contribution in [0.25, 0.3) is 10.9 Å². The molecule has 1 N–H and O–H groups in total. The van der Waals surface area contributed by atoms with Crippen molar-refractivity contribution in [1.29, 1.82) is 0 Å². The molecule has 2 aromatic heterocycles. The zero-order valence-electron chi connectivity index (χ0n) is 18.5. The van der Waals surface area contributed by atoms with Gasteiger partial charge in [-0.05, 0) is 26.3 Å². The molecular weight excluding hydrogens is 435 g/mol. The van der Waals surface area contributed by atoms with E-state index in [1.807, 2.05) is 6.07 Å². The van der Waals surface area contributed by atoms with Gasteiger partial charge in [0.25, 0.3) is 6.43 Å². The van der Waals surface area contributed by atoms with Crippen molar-refractivity contribution in [2.24, 2.45) is 0 Å². The number of aryl methyl sites for hydroxylation is 1. The molecule has 5 rings (SSSR count). The van der Waals surface area contributed by atoms with E-state index in [1.165, 1.54) is 12.1 Å². The Bertz CT molecular complexity index is 1190. The summed E-state index contributed by atoms with van der Waals surface area (Å²) >= 11 is 0. The largest absolute Gasteiger partial charge is 0.480 e. The first-order chi connectivity index (χ1) is 15.9. The molecule has 0 amide bonds. The lowest BCUT2D eigenvalue weighted by Gasteiger charge is -2.53. The van der Waals surface area contributed by atoms with Crippen LogP contribution in [0, 0.1) is 12.7 Å². The first-order valence-electron chi connectivity index (χ1n) is 10.8. The van der Waals surface area contributed by atoms with Gasteiger partial charge in [-0.25, -0.2) is 18.2 Å².